The second-order valence-electron chi connectivity index (χ2n) is 16.4. The summed E-state index contributed by atoms with van der Waals surface area (Å²) in [5.74, 6) is 2.33. The molecule has 0 radical (unpaired) electrons. The number of carbonyl (C=O) groups excluding carboxylic acids is 4. The molecule has 44 heavy (non-hydrogen) atoms. The lowest BCUT2D eigenvalue weighted by atomic mass is 9.50. The summed E-state index contributed by atoms with van der Waals surface area (Å²) in [6, 6.07) is 0. The van der Waals surface area contributed by atoms with Crippen LogP contribution in [0.5, 0.6) is 0 Å². The first-order valence-corrected chi connectivity index (χ1v) is 17.1. The third-order valence-electron chi connectivity index (χ3n) is 11.5. The van der Waals surface area contributed by atoms with Crippen LogP contribution in [0.4, 0.5) is 0 Å². The van der Waals surface area contributed by atoms with Gasteiger partial charge >= 0.3 is 23.9 Å². The quantitative estimate of drug-likeness (QED) is 0.212. The van der Waals surface area contributed by atoms with E-state index >= 15 is 0 Å². The summed E-state index contributed by atoms with van der Waals surface area (Å²) in [5.41, 5.74) is -1.51. The lowest BCUT2D eigenvalue weighted by Gasteiger charge is -2.59. The number of hydrogen-bond donors (Lipinski definition) is 0. The van der Waals surface area contributed by atoms with Crippen molar-refractivity contribution in [1.29, 1.82) is 0 Å². The van der Waals surface area contributed by atoms with Crippen LogP contribution in [0.15, 0.2) is 0 Å². The van der Waals surface area contributed by atoms with Crippen molar-refractivity contribution >= 4 is 23.9 Å². The van der Waals surface area contributed by atoms with E-state index in [1.807, 2.05) is 48.5 Å². The topological polar surface area (TPSA) is 105 Å². The molecule has 4 bridgehead atoms. The van der Waals surface area contributed by atoms with Crippen LogP contribution in [0.3, 0.4) is 0 Å². The summed E-state index contributed by atoms with van der Waals surface area (Å²) in [5, 5.41) is 0. The normalized spacial score (nSPS) is 35.0. The number of cyclic esters (lactones) is 2. The lowest BCUT2D eigenvalue weighted by Crippen LogP contribution is -2.58. The molecule has 8 heteroatoms. The summed E-state index contributed by atoms with van der Waals surface area (Å²) in [4.78, 5) is 46.4. The van der Waals surface area contributed by atoms with E-state index in [1.165, 1.54) is 32.1 Å². The van der Waals surface area contributed by atoms with E-state index in [0.717, 1.165) is 31.1 Å². The lowest BCUT2D eigenvalue weighted by molar-refractivity contribution is -0.211. The average Bonchev–Trinajstić information content (AvgIpc) is 3.44. The maximum absolute atomic E-state index is 12.5. The van der Waals surface area contributed by atoms with Crippen molar-refractivity contribution in [2.45, 2.75) is 158 Å². The molecule has 8 nitrogen and oxygen atoms in total. The molecule has 252 valence electrons. The van der Waals surface area contributed by atoms with Crippen molar-refractivity contribution in [2.75, 3.05) is 6.61 Å². The van der Waals surface area contributed by atoms with Gasteiger partial charge in [-0.3, -0.25) is 14.4 Å². The minimum Gasteiger partial charge on any atom is -0.463 e. The third kappa shape index (κ3) is 7.99. The Hall–Kier alpha value is -2.12. The first kappa shape index (κ1) is 36.3. The zero-order chi connectivity index (χ0) is 33.3. The van der Waals surface area contributed by atoms with Gasteiger partial charge in [-0.05, 0) is 130 Å². The van der Waals surface area contributed by atoms with Crippen LogP contribution in [0, 0.1) is 39.9 Å². The Morgan fingerprint density at radius 3 is 1.68 bits per heavy atom. The fraction of sp³-hybridized carbons (Fsp3) is 0.889. The van der Waals surface area contributed by atoms with E-state index in [9.17, 15) is 19.2 Å². The molecule has 6 fully saturated rings. The molecule has 0 N–H and O–H groups in total. The second-order valence-corrected chi connectivity index (χ2v) is 16.4. The van der Waals surface area contributed by atoms with Crippen molar-refractivity contribution in [3.63, 3.8) is 0 Å². The molecule has 6 rings (SSSR count). The van der Waals surface area contributed by atoms with E-state index < -0.39 is 17.5 Å². The number of rotatable bonds is 7. The summed E-state index contributed by atoms with van der Waals surface area (Å²) < 4.78 is 21.1. The van der Waals surface area contributed by atoms with Crippen LogP contribution in [-0.4, -0.2) is 47.8 Å². The second kappa shape index (κ2) is 13.3. The minimum atomic E-state index is -0.687. The molecule has 0 aromatic heterocycles. The molecule has 2 unspecified atom stereocenters. The Morgan fingerprint density at radius 1 is 0.818 bits per heavy atom. The fourth-order valence-corrected chi connectivity index (χ4v) is 7.48. The molecule has 2 heterocycles. The van der Waals surface area contributed by atoms with Gasteiger partial charge in [0, 0.05) is 12.8 Å². The predicted molar refractivity (Wildman–Crippen MR) is 168 cm³/mol. The molecule has 0 aromatic carbocycles. The zero-order valence-corrected chi connectivity index (χ0v) is 29.4. The number of ether oxygens (including phenoxy) is 4. The van der Waals surface area contributed by atoms with Gasteiger partial charge in [0.1, 0.15) is 11.2 Å². The van der Waals surface area contributed by atoms with Gasteiger partial charge in [-0.15, -0.1) is 0 Å². The summed E-state index contributed by atoms with van der Waals surface area (Å²) in [6.07, 6.45) is 9.66. The highest BCUT2D eigenvalue weighted by Gasteiger charge is 2.57. The summed E-state index contributed by atoms with van der Waals surface area (Å²) in [6.45, 7) is 22.1. The van der Waals surface area contributed by atoms with Crippen molar-refractivity contribution in [3.05, 3.63) is 0 Å². The van der Waals surface area contributed by atoms with Gasteiger partial charge in [0.05, 0.1) is 22.9 Å². The molecule has 4 saturated carbocycles. The molecule has 4 aliphatic carbocycles. The van der Waals surface area contributed by atoms with Gasteiger partial charge in [0.25, 0.3) is 0 Å². The van der Waals surface area contributed by atoms with Gasteiger partial charge < -0.3 is 18.9 Å². The molecule has 6 aliphatic rings. The summed E-state index contributed by atoms with van der Waals surface area (Å²) >= 11 is 0. The fourth-order valence-electron chi connectivity index (χ4n) is 7.48. The smallest absolute Gasteiger partial charge is 0.347 e. The van der Waals surface area contributed by atoms with Crippen LogP contribution in [-0.2, 0) is 38.1 Å². The Morgan fingerprint density at radius 2 is 1.32 bits per heavy atom. The van der Waals surface area contributed by atoms with Gasteiger partial charge in [0.15, 0.2) is 0 Å². The maximum atomic E-state index is 12.5. The highest BCUT2D eigenvalue weighted by molar-refractivity contribution is 5.82. The van der Waals surface area contributed by atoms with Gasteiger partial charge in [-0.1, -0.05) is 20.8 Å². The van der Waals surface area contributed by atoms with Crippen molar-refractivity contribution in [3.8, 4) is 0 Å². The zero-order valence-electron chi connectivity index (χ0n) is 29.4. The molecule has 2 atom stereocenters. The van der Waals surface area contributed by atoms with E-state index in [0.29, 0.717) is 31.3 Å². The number of esters is 4. The Balaban J connectivity index is 0.000000189. The Bertz CT molecular complexity index is 1040. The summed E-state index contributed by atoms with van der Waals surface area (Å²) in [7, 11) is 0. The first-order chi connectivity index (χ1) is 20.2. The number of hydrogen-bond acceptors (Lipinski definition) is 8. The van der Waals surface area contributed by atoms with Crippen LogP contribution in [0.1, 0.15) is 140 Å². The standard InChI is InChI=1S/C17H28O2.C10H16O4.C9H16O2/c1-5-16(2,3)15(18)19-17(4)13-7-11-6-12(9-13)10-14(17)8-11;1-4-10(2,3)9(12)14-7-5-6-13-8(7)11;1-5-9(4)6-8(2,3)11-7(9)10/h11-14H,5-10H2,1-4H3;7H,4-6H2,1-3H3;5-6H2,1-4H3. The molecular formula is C36H60O8. The van der Waals surface area contributed by atoms with Gasteiger partial charge in [0.2, 0.25) is 6.10 Å². The van der Waals surface area contributed by atoms with Gasteiger partial charge in [-0.2, -0.15) is 0 Å². The van der Waals surface area contributed by atoms with E-state index in [4.69, 9.17) is 18.9 Å². The highest BCUT2D eigenvalue weighted by atomic mass is 16.6. The first-order valence-electron chi connectivity index (χ1n) is 17.1. The molecule has 2 aliphatic heterocycles. The molecule has 0 amide bonds. The van der Waals surface area contributed by atoms with Crippen molar-refractivity contribution < 1.29 is 38.1 Å². The minimum absolute atomic E-state index is 0.0185. The third-order valence-corrected chi connectivity index (χ3v) is 11.5. The Labute approximate surface area is 266 Å². The van der Waals surface area contributed by atoms with E-state index in [1.54, 1.807) is 13.8 Å². The van der Waals surface area contributed by atoms with Crippen LogP contribution < -0.4 is 0 Å². The van der Waals surface area contributed by atoms with Crippen molar-refractivity contribution in [2.24, 2.45) is 39.9 Å². The van der Waals surface area contributed by atoms with Crippen LogP contribution in [0.25, 0.3) is 0 Å². The maximum Gasteiger partial charge on any atom is 0.347 e. The average molecular weight is 621 g/mol. The molecular weight excluding hydrogens is 560 g/mol. The molecule has 0 aromatic rings. The van der Waals surface area contributed by atoms with Gasteiger partial charge in [-0.25, -0.2) is 4.79 Å². The van der Waals surface area contributed by atoms with Crippen LogP contribution >= 0.6 is 0 Å². The predicted octanol–water partition coefficient (Wildman–Crippen LogP) is 7.59. The largest absolute Gasteiger partial charge is 0.463 e. The SMILES string of the molecule is CCC(C)(C)C(=O)OC1(C)C2CC3CC(C2)CC1C3.CCC(C)(C)C(=O)OC1CCOC1=O.CCC1(C)CC(C)(C)OC1=O. The van der Waals surface area contributed by atoms with E-state index in [2.05, 4.69) is 13.8 Å². The van der Waals surface area contributed by atoms with Crippen LogP contribution in [0.2, 0.25) is 0 Å². The molecule has 0 spiro atoms. The van der Waals surface area contributed by atoms with Crippen molar-refractivity contribution in [1.82, 2.24) is 0 Å². The highest BCUT2D eigenvalue weighted by Crippen LogP contribution is 2.59. The Kier molecular flexibility index (Phi) is 11.0. The number of carbonyl (C=O) groups is 4. The molecule has 2 saturated heterocycles. The van der Waals surface area contributed by atoms with E-state index in [-0.39, 0.29) is 39.9 Å². The monoisotopic (exact) mass is 620 g/mol.